The van der Waals surface area contributed by atoms with Gasteiger partial charge >= 0.3 is 11.9 Å². The van der Waals surface area contributed by atoms with Gasteiger partial charge < -0.3 is 28.6 Å². The number of carbonyl (C=O) groups is 2. The van der Waals surface area contributed by atoms with Gasteiger partial charge in [0.05, 0.1) is 26.4 Å². The van der Waals surface area contributed by atoms with E-state index in [4.69, 9.17) is 24.1 Å². The van der Waals surface area contributed by atoms with Crippen molar-refractivity contribution in [1.82, 2.24) is 14.5 Å². The van der Waals surface area contributed by atoms with Crippen LogP contribution in [0.4, 0.5) is 0 Å². The molecule has 3 atom stereocenters. The highest BCUT2D eigenvalue weighted by molar-refractivity contribution is 9.10. The average Bonchev–Trinajstić information content (AvgIpc) is 3.38. The van der Waals surface area contributed by atoms with E-state index >= 15 is 0 Å². The highest BCUT2D eigenvalue weighted by Crippen LogP contribution is 2.49. The number of likely N-dealkylation sites (N-methyl/N-ethyl adjacent to an activating group) is 1. The van der Waals surface area contributed by atoms with Crippen LogP contribution in [0.2, 0.25) is 0 Å². The molecular weight excluding hydrogens is 654 g/mol. The normalized spacial score (nSPS) is 20.5. The third-order valence-electron chi connectivity index (χ3n) is 8.75. The molecule has 10 nitrogen and oxygen atoms in total. The van der Waals surface area contributed by atoms with Gasteiger partial charge in [0.15, 0.2) is 11.5 Å². The maximum atomic E-state index is 12.5. The van der Waals surface area contributed by atoms with Gasteiger partial charge in [-0.1, -0.05) is 18.2 Å². The number of hydrogen-bond donors (Lipinski definition) is 1. The number of halogens is 1. The van der Waals surface area contributed by atoms with Crippen LogP contribution in [0.5, 0.6) is 11.5 Å². The summed E-state index contributed by atoms with van der Waals surface area (Å²) in [6.07, 6.45) is 9.76. The summed E-state index contributed by atoms with van der Waals surface area (Å²) in [6.45, 7) is 1.21. The Morgan fingerprint density at radius 3 is 2.57 bits per heavy atom. The number of aryl methyl sites for hydroxylation is 1. The van der Waals surface area contributed by atoms with Gasteiger partial charge in [-0.15, -0.1) is 0 Å². The Hall–Kier alpha value is -4.19. The molecule has 2 aromatic heterocycles. The van der Waals surface area contributed by atoms with Crippen LogP contribution in [0, 0.1) is 5.92 Å². The maximum absolute atomic E-state index is 12.5. The summed E-state index contributed by atoms with van der Waals surface area (Å²) in [5, 5.41) is 9.77. The molecule has 2 aliphatic rings. The van der Waals surface area contributed by atoms with Gasteiger partial charge in [0.1, 0.15) is 5.60 Å². The Morgan fingerprint density at radius 1 is 1.09 bits per heavy atom. The van der Waals surface area contributed by atoms with Crippen molar-refractivity contribution in [3.05, 3.63) is 93.9 Å². The molecule has 1 N–H and O–H groups in total. The van der Waals surface area contributed by atoms with Gasteiger partial charge in [-0.25, -0.2) is 9.59 Å². The molecule has 2 aromatic carbocycles. The van der Waals surface area contributed by atoms with E-state index in [1.807, 2.05) is 7.11 Å². The van der Waals surface area contributed by atoms with Crippen LogP contribution in [-0.4, -0.2) is 79.1 Å². The molecule has 3 heterocycles. The summed E-state index contributed by atoms with van der Waals surface area (Å²) < 4.78 is 25.1. The van der Waals surface area contributed by atoms with Crippen molar-refractivity contribution in [3.8, 4) is 11.5 Å². The van der Waals surface area contributed by atoms with Gasteiger partial charge in [0.2, 0.25) is 0 Å². The monoisotopic (exact) mass is 691 g/mol. The minimum Gasteiger partial charge on any atom is -0.493 e. The fourth-order valence-electron chi connectivity index (χ4n) is 6.75. The first-order valence-electron chi connectivity index (χ1n) is 14.8. The number of nitrogens with zero attached hydrogens (tertiary/aromatic N) is 3. The molecule has 0 saturated carbocycles. The Morgan fingerprint density at radius 2 is 1.87 bits per heavy atom. The molecule has 0 radical (unpaired) electrons. The number of carboxylic acids is 1. The lowest BCUT2D eigenvalue weighted by Gasteiger charge is -2.53. The number of benzene rings is 2. The molecule has 1 fully saturated rings. The van der Waals surface area contributed by atoms with E-state index < -0.39 is 11.6 Å². The number of aromatic nitrogens is 2. The number of pyridine rings is 1. The van der Waals surface area contributed by atoms with Crippen LogP contribution in [0.1, 0.15) is 33.5 Å². The largest absolute Gasteiger partial charge is 0.493 e. The van der Waals surface area contributed by atoms with Gasteiger partial charge in [0.25, 0.3) is 0 Å². The summed E-state index contributed by atoms with van der Waals surface area (Å²) in [5.74, 6) is 0.0340. The van der Waals surface area contributed by atoms with Crippen molar-refractivity contribution in [1.29, 1.82) is 0 Å². The van der Waals surface area contributed by atoms with Crippen LogP contribution >= 0.6 is 15.9 Å². The third-order valence-corrected chi connectivity index (χ3v) is 9.19. The van der Waals surface area contributed by atoms with Crippen molar-refractivity contribution in [3.63, 3.8) is 0 Å². The zero-order chi connectivity index (χ0) is 33.0. The van der Waals surface area contributed by atoms with E-state index in [0.29, 0.717) is 23.7 Å². The molecule has 3 unspecified atom stereocenters. The Labute approximate surface area is 276 Å². The summed E-state index contributed by atoms with van der Waals surface area (Å²) in [4.78, 5) is 29.3. The van der Waals surface area contributed by atoms with Crippen LogP contribution in [0.3, 0.4) is 0 Å². The van der Waals surface area contributed by atoms with E-state index in [2.05, 4.69) is 68.9 Å². The number of piperidine rings is 1. The number of esters is 1. The minimum absolute atomic E-state index is 0.172. The Kier molecular flexibility index (Phi) is 10.1. The van der Waals surface area contributed by atoms with E-state index in [-0.39, 0.29) is 17.9 Å². The minimum atomic E-state index is -0.982. The van der Waals surface area contributed by atoms with E-state index in [0.717, 1.165) is 35.5 Å². The number of ether oxygens (including phenoxy) is 4. The first kappa shape index (κ1) is 33.2. The molecule has 1 aliphatic heterocycles. The molecule has 6 rings (SSSR count). The molecule has 1 saturated heterocycles. The van der Waals surface area contributed by atoms with E-state index in [1.165, 1.54) is 41.4 Å². The van der Waals surface area contributed by atoms with Crippen molar-refractivity contribution < 1.29 is 33.6 Å². The summed E-state index contributed by atoms with van der Waals surface area (Å²) in [7, 11) is 9.15. The molecule has 0 spiro atoms. The average molecular weight is 693 g/mol. The zero-order valence-electron chi connectivity index (χ0n) is 26.5. The number of hydrogen-bond acceptors (Lipinski definition) is 8. The Bertz CT molecular complexity index is 1770. The smallest absolute Gasteiger partial charge is 0.339 e. The standard InChI is InChI=1S/C24H26BrN3O3.C11H12O4/c1-27-13-17-8-21-24(30-3,19-5-4-6-20(27)22(17)19)9-15(12-28(21)2)14-31-23(29)16-7-18(25)11-26-10-16;1-14-9-5-3-8(4-6-11(12)13)7-10(9)15-2/h4-7,10-11,13,15,21H,8-9,12,14H2,1-3H3;3-7H,1-2H3,(H,12,13). The Balaban J connectivity index is 0.000000235. The molecule has 0 amide bonds. The number of methoxy groups -OCH3 is 3. The summed E-state index contributed by atoms with van der Waals surface area (Å²) in [5.41, 5.74) is 4.64. The molecule has 46 heavy (non-hydrogen) atoms. The van der Waals surface area contributed by atoms with Gasteiger partial charge in [-0.3, -0.25) is 9.88 Å². The van der Waals surface area contributed by atoms with Crippen LogP contribution in [0.25, 0.3) is 17.0 Å². The molecule has 4 aromatic rings. The fraction of sp³-hybridized carbons (Fsp3) is 0.343. The van der Waals surface area contributed by atoms with Gasteiger partial charge in [-0.2, -0.15) is 0 Å². The number of rotatable bonds is 8. The van der Waals surface area contributed by atoms with Gasteiger partial charge in [0, 0.05) is 72.7 Å². The molecular formula is C35H38BrN3O7. The maximum Gasteiger partial charge on any atom is 0.339 e. The second-order valence-corrected chi connectivity index (χ2v) is 12.5. The fourth-order valence-corrected chi connectivity index (χ4v) is 7.12. The quantitative estimate of drug-likeness (QED) is 0.183. The van der Waals surface area contributed by atoms with Crippen LogP contribution < -0.4 is 9.47 Å². The highest BCUT2D eigenvalue weighted by Gasteiger charge is 2.51. The lowest BCUT2D eigenvalue weighted by atomic mass is 9.69. The number of carboxylic acid groups (broad SMARTS) is 1. The first-order chi connectivity index (χ1) is 22.1. The second kappa shape index (κ2) is 14.1. The van der Waals surface area contributed by atoms with E-state index in [9.17, 15) is 9.59 Å². The summed E-state index contributed by atoms with van der Waals surface area (Å²) >= 11 is 3.35. The SMILES string of the molecule is COC12CC(COC(=O)c3cncc(Br)c3)CN(C)C1Cc1cn(C)c3cccc2c13.COc1ccc(C=CC(=O)O)cc1OC. The lowest BCUT2D eigenvalue weighted by Crippen LogP contribution is -2.59. The molecule has 1 aliphatic carbocycles. The third kappa shape index (κ3) is 6.67. The molecule has 0 bridgehead atoms. The highest BCUT2D eigenvalue weighted by atomic mass is 79.9. The molecule has 11 heteroatoms. The number of likely N-dealkylation sites (tertiary alicyclic amines) is 1. The summed E-state index contributed by atoms with van der Waals surface area (Å²) in [6, 6.07) is 13.7. The van der Waals surface area contributed by atoms with Crippen molar-refractivity contribution >= 4 is 44.8 Å². The topological polar surface area (TPSA) is 112 Å². The first-order valence-corrected chi connectivity index (χ1v) is 15.6. The van der Waals surface area contributed by atoms with Crippen LogP contribution in [0.15, 0.2) is 71.6 Å². The second-order valence-electron chi connectivity index (χ2n) is 11.6. The zero-order valence-corrected chi connectivity index (χ0v) is 28.1. The number of fused-ring (bicyclic) bond motifs is 2. The predicted octanol–water partition coefficient (Wildman–Crippen LogP) is 5.71. The van der Waals surface area contributed by atoms with Crippen molar-refractivity contribution in [2.45, 2.75) is 24.5 Å². The number of aliphatic carboxylic acids is 1. The van der Waals surface area contributed by atoms with Crippen LogP contribution in [-0.2, 0) is 33.3 Å². The lowest BCUT2D eigenvalue weighted by molar-refractivity contribution is -0.131. The number of carbonyl (C=O) groups excluding carboxylic acids is 1. The molecule has 242 valence electrons. The van der Waals surface area contributed by atoms with E-state index in [1.54, 1.807) is 37.6 Å². The van der Waals surface area contributed by atoms with Crippen molar-refractivity contribution in [2.75, 3.05) is 41.5 Å². The van der Waals surface area contributed by atoms with Crippen molar-refractivity contribution in [2.24, 2.45) is 13.0 Å². The van der Waals surface area contributed by atoms with Gasteiger partial charge in [-0.05, 0) is 82.9 Å². The predicted molar refractivity (Wildman–Crippen MR) is 178 cm³/mol.